The molecule has 8 nitrogen and oxygen atoms in total. The van der Waals surface area contributed by atoms with E-state index >= 15 is 0 Å². The van der Waals surface area contributed by atoms with Gasteiger partial charge in [-0.3, -0.25) is 14.9 Å². The van der Waals surface area contributed by atoms with E-state index in [1.54, 1.807) is 18.3 Å². The van der Waals surface area contributed by atoms with E-state index in [9.17, 15) is 14.9 Å². The number of thiazole rings is 1. The summed E-state index contributed by atoms with van der Waals surface area (Å²) in [6.07, 6.45) is 0. The van der Waals surface area contributed by atoms with Crippen LogP contribution in [0, 0.1) is 17.0 Å². The van der Waals surface area contributed by atoms with Crippen molar-refractivity contribution in [3.8, 4) is 5.75 Å². The quantitative estimate of drug-likeness (QED) is 0.490. The first-order valence-corrected chi connectivity index (χ1v) is 8.96. The van der Waals surface area contributed by atoms with Gasteiger partial charge in [0.15, 0.2) is 0 Å². The van der Waals surface area contributed by atoms with Gasteiger partial charge in [-0.1, -0.05) is 0 Å². The maximum absolute atomic E-state index is 12.5. The molecule has 0 aliphatic carbocycles. The molecule has 0 spiro atoms. The highest BCUT2D eigenvalue weighted by molar-refractivity contribution is 7.18. The summed E-state index contributed by atoms with van der Waals surface area (Å²) in [7, 11) is 1.39. The molecule has 140 valence electrons. The van der Waals surface area contributed by atoms with Gasteiger partial charge in [0.2, 0.25) is 5.91 Å². The molecule has 0 radical (unpaired) electrons. The Morgan fingerprint density at radius 1 is 1.30 bits per heavy atom. The topological polar surface area (TPSA) is 106 Å². The maximum atomic E-state index is 12.5. The lowest BCUT2D eigenvalue weighted by molar-refractivity contribution is -0.384. The molecule has 1 aromatic heterocycles. The van der Waals surface area contributed by atoms with Crippen LogP contribution in [0.4, 0.5) is 17.1 Å². The molecule has 9 heteroatoms. The van der Waals surface area contributed by atoms with Crippen LogP contribution in [0.3, 0.4) is 0 Å². The average molecular weight is 386 g/mol. The van der Waals surface area contributed by atoms with E-state index in [-0.39, 0.29) is 17.3 Å². The number of amides is 1. The van der Waals surface area contributed by atoms with Gasteiger partial charge in [0.05, 0.1) is 39.0 Å². The van der Waals surface area contributed by atoms with Gasteiger partial charge in [0.25, 0.3) is 5.69 Å². The molecular weight excluding hydrogens is 368 g/mol. The van der Waals surface area contributed by atoms with Crippen LogP contribution in [0.15, 0.2) is 36.4 Å². The van der Waals surface area contributed by atoms with Gasteiger partial charge in [0.1, 0.15) is 11.8 Å². The lowest BCUT2D eigenvalue weighted by atomic mass is 10.2. The van der Waals surface area contributed by atoms with Crippen LogP contribution in [0.2, 0.25) is 0 Å². The van der Waals surface area contributed by atoms with Crippen molar-refractivity contribution in [2.45, 2.75) is 19.9 Å². The monoisotopic (exact) mass is 386 g/mol. The smallest absolute Gasteiger partial charge is 0.273 e. The van der Waals surface area contributed by atoms with Crippen molar-refractivity contribution < 1.29 is 14.5 Å². The zero-order chi connectivity index (χ0) is 19.6. The number of ether oxygens (including phenoxy) is 1. The van der Waals surface area contributed by atoms with Crippen LogP contribution >= 0.6 is 11.3 Å². The Bertz CT molecular complexity index is 1020. The number of rotatable bonds is 6. The Kier molecular flexibility index (Phi) is 5.22. The fraction of sp³-hybridized carbons (Fsp3) is 0.222. The summed E-state index contributed by atoms with van der Waals surface area (Å²) in [6.45, 7) is 3.68. The summed E-state index contributed by atoms with van der Waals surface area (Å²) in [5.74, 6) is -0.0611. The Balaban J connectivity index is 1.72. The summed E-state index contributed by atoms with van der Waals surface area (Å²) in [4.78, 5) is 27.3. The van der Waals surface area contributed by atoms with Crippen LogP contribution in [-0.2, 0) is 4.79 Å². The van der Waals surface area contributed by atoms with Gasteiger partial charge in [-0.2, -0.15) is 0 Å². The number of hydrogen-bond donors (Lipinski definition) is 2. The summed E-state index contributed by atoms with van der Waals surface area (Å²) < 4.78 is 6.18. The van der Waals surface area contributed by atoms with Crippen molar-refractivity contribution in [1.82, 2.24) is 4.98 Å². The lowest BCUT2D eigenvalue weighted by Crippen LogP contribution is -2.32. The number of nitro groups is 1. The summed E-state index contributed by atoms with van der Waals surface area (Å²) in [6, 6.07) is 9.24. The first kappa shape index (κ1) is 18.6. The van der Waals surface area contributed by atoms with Gasteiger partial charge in [-0.05, 0) is 38.1 Å². The van der Waals surface area contributed by atoms with Crippen LogP contribution in [0.25, 0.3) is 10.2 Å². The number of carbonyl (C=O) groups is 1. The molecule has 2 N–H and O–H groups in total. The molecular formula is C18H18N4O4S. The second kappa shape index (κ2) is 7.58. The number of nitrogens with zero attached hydrogens (tertiary/aromatic N) is 2. The molecule has 1 heterocycles. The second-order valence-corrected chi connectivity index (χ2v) is 7.15. The van der Waals surface area contributed by atoms with Crippen LogP contribution in [0.5, 0.6) is 5.75 Å². The van der Waals surface area contributed by atoms with Gasteiger partial charge in [-0.25, -0.2) is 4.98 Å². The number of aryl methyl sites for hydroxylation is 1. The number of carbonyl (C=O) groups excluding carboxylic acids is 1. The fourth-order valence-electron chi connectivity index (χ4n) is 2.58. The molecule has 0 bridgehead atoms. The Morgan fingerprint density at radius 3 is 2.78 bits per heavy atom. The number of aromatic nitrogens is 1. The highest BCUT2D eigenvalue weighted by atomic mass is 32.1. The minimum absolute atomic E-state index is 0.107. The number of nitro benzene ring substituents is 1. The highest BCUT2D eigenvalue weighted by Crippen LogP contribution is 2.29. The van der Waals surface area contributed by atoms with Gasteiger partial charge in [-0.15, -0.1) is 11.3 Å². The molecule has 0 saturated carbocycles. The molecule has 1 amide bonds. The highest BCUT2D eigenvalue weighted by Gasteiger charge is 2.17. The molecule has 1 atom stereocenters. The van der Waals surface area contributed by atoms with E-state index < -0.39 is 11.0 Å². The van der Waals surface area contributed by atoms with Crippen LogP contribution in [0.1, 0.15) is 11.9 Å². The van der Waals surface area contributed by atoms with E-state index in [1.807, 2.05) is 25.1 Å². The number of non-ortho nitro benzene ring substituents is 1. The van der Waals surface area contributed by atoms with E-state index in [0.29, 0.717) is 5.69 Å². The maximum Gasteiger partial charge on any atom is 0.273 e. The number of methoxy groups -OCH3 is 1. The zero-order valence-electron chi connectivity index (χ0n) is 15.0. The fourth-order valence-corrected chi connectivity index (χ4v) is 3.45. The third-order valence-corrected chi connectivity index (χ3v) is 4.86. The molecule has 0 unspecified atom stereocenters. The predicted molar refractivity (Wildman–Crippen MR) is 106 cm³/mol. The summed E-state index contributed by atoms with van der Waals surface area (Å²) in [5.41, 5.74) is 2.00. The number of fused-ring (bicyclic) bond motifs is 1. The number of anilines is 2. The van der Waals surface area contributed by atoms with Crippen molar-refractivity contribution in [1.29, 1.82) is 0 Å². The Hall–Kier alpha value is -3.20. The predicted octanol–water partition coefficient (Wildman–Crippen LogP) is 3.96. The third-order valence-electron chi connectivity index (χ3n) is 3.93. The molecule has 2 aromatic carbocycles. The SMILES string of the molecule is COc1cc([N+](=O)[O-])ccc1NC(=O)[C@H](C)Nc1ccc2nc(C)sc2c1. The van der Waals surface area contributed by atoms with Gasteiger partial charge >= 0.3 is 0 Å². The van der Waals surface area contributed by atoms with E-state index in [4.69, 9.17) is 4.74 Å². The molecule has 0 fully saturated rings. The van der Waals surface area contributed by atoms with Crippen molar-refractivity contribution in [3.05, 3.63) is 51.5 Å². The van der Waals surface area contributed by atoms with Crippen LogP contribution < -0.4 is 15.4 Å². The van der Waals surface area contributed by atoms with Gasteiger partial charge in [0, 0.05) is 11.8 Å². The molecule has 0 aliphatic rings. The normalized spacial score (nSPS) is 11.8. The van der Waals surface area contributed by atoms with Crippen molar-refractivity contribution in [2.24, 2.45) is 0 Å². The van der Waals surface area contributed by atoms with Crippen LogP contribution in [-0.4, -0.2) is 29.0 Å². The minimum atomic E-state index is -0.531. The molecule has 3 aromatic rings. The molecule has 27 heavy (non-hydrogen) atoms. The first-order chi connectivity index (χ1) is 12.9. The van der Waals surface area contributed by atoms with E-state index in [2.05, 4.69) is 15.6 Å². The summed E-state index contributed by atoms with van der Waals surface area (Å²) >= 11 is 1.59. The minimum Gasteiger partial charge on any atom is -0.494 e. The lowest BCUT2D eigenvalue weighted by Gasteiger charge is -2.16. The molecule has 0 saturated heterocycles. The Labute approximate surface area is 159 Å². The third kappa shape index (κ3) is 4.14. The number of benzene rings is 2. The molecule has 0 aliphatic heterocycles. The Morgan fingerprint density at radius 2 is 2.07 bits per heavy atom. The second-order valence-electron chi connectivity index (χ2n) is 5.91. The number of hydrogen-bond acceptors (Lipinski definition) is 7. The van der Waals surface area contributed by atoms with Crippen molar-refractivity contribution in [2.75, 3.05) is 17.7 Å². The zero-order valence-corrected chi connectivity index (χ0v) is 15.8. The van der Waals surface area contributed by atoms with Crippen molar-refractivity contribution >= 4 is 44.5 Å². The standard InChI is InChI=1S/C18H18N4O4S/c1-10(19-12-4-6-15-17(8-12)27-11(2)20-15)18(23)21-14-7-5-13(22(24)25)9-16(14)26-3/h4-10,19H,1-3H3,(H,21,23)/t10-/m0/s1. The van der Waals surface area contributed by atoms with E-state index in [0.717, 1.165) is 20.9 Å². The first-order valence-electron chi connectivity index (χ1n) is 8.14. The van der Waals surface area contributed by atoms with Gasteiger partial charge < -0.3 is 15.4 Å². The molecule has 3 rings (SSSR count). The van der Waals surface area contributed by atoms with Crippen molar-refractivity contribution in [3.63, 3.8) is 0 Å². The largest absolute Gasteiger partial charge is 0.494 e. The average Bonchev–Trinajstić information content (AvgIpc) is 3.01. The summed E-state index contributed by atoms with van der Waals surface area (Å²) in [5, 5.41) is 17.7. The van der Waals surface area contributed by atoms with E-state index in [1.165, 1.54) is 25.3 Å². The number of nitrogens with one attached hydrogen (secondary N) is 2.